The van der Waals surface area contributed by atoms with E-state index in [1.807, 2.05) is 0 Å². The first-order valence-corrected chi connectivity index (χ1v) is 20.2. The Kier molecular flexibility index (Phi) is 7.40. The highest BCUT2D eigenvalue weighted by Gasteiger charge is 2.33. The zero-order valence-electron chi connectivity index (χ0n) is 31.9. The van der Waals surface area contributed by atoms with E-state index in [0.29, 0.717) is 0 Å². The number of nitrogens with one attached hydrogen (secondary N) is 1. The Balaban J connectivity index is 0.974. The average Bonchev–Trinajstić information content (AvgIpc) is 3.93. The Labute approximate surface area is 337 Å². The van der Waals surface area contributed by atoms with E-state index in [9.17, 15) is 0 Å². The molecule has 0 fully saturated rings. The van der Waals surface area contributed by atoms with Crippen molar-refractivity contribution in [3.8, 4) is 22.5 Å². The quantitative estimate of drug-likeness (QED) is 0.180. The second kappa shape index (κ2) is 13.1. The summed E-state index contributed by atoms with van der Waals surface area (Å²) < 4.78 is 4.81. The molecule has 1 aliphatic carbocycles. The number of nitrogens with zero attached hydrogens (tertiary/aromatic N) is 3. The van der Waals surface area contributed by atoms with Crippen molar-refractivity contribution in [3.63, 3.8) is 0 Å². The number of hydrogen-bond acceptors (Lipinski definition) is 1. The van der Waals surface area contributed by atoms with Crippen LogP contribution in [0.4, 0.5) is 34.1 Å². The van der Waals surface area contributed by atoms with Crippen molar-refractivity contribution in [2.45, 2.75) is 12.8 Å². The number of para-hydroxylation sites is 5. The van der Waals surface area contributed by atoms with Crippen molar-refractivity contribution < 1.29 is 4.90 Å². The Bertz CT molecular complexity index is 3120. The molecule has 4 nitrogen and oxygen atoms in total. The lowest BCUT2D eigenvalue weighted by Gasteiger charge is -2.26. The summed E-state index contributed by atoms with van der Waals surface area (Å²) in [5.41, 5.74) is 18.4. The molecular weight excluding hydrogens is 705 g/mol. The van der Waals surface area contributed by atoms with Gasteiger partial charge in [-0.25, -0.2) is 4.90 Å². The normalized spacial score (nSPS) is 13.2. The van der Waals surface area contributed by atoms with Crippen LogP contribution < -0.4 is 9.80 Å². The molecule has 274 valence electrons. The number of hydrogen-bond donors (Lipinski definition) is 1. The largest absolute Gasteiger partial charge is 0.310 e. The van der Waals surface area contributed by atoms with Crippen molar-refractivity contribution in [2.24, 2.45) is 0 Å². The van der Waals surface area contributed by atoms with Crippen LogP contribution in [-0.2, 0) is 6.42 Å². The van der Waals surface area contributed by atoms with Crippen molar-refractivity contribution in [1.29, 1.82) is 0 Å². The molecule has 0 saturated carbocycles. The third kappa shape index (κ3) is 4.99. The van der Waals surface area contributed by atoms with E-state index < -0.39 is 0 Å². The van der Waals surface area contributed by atoms with E-state index in [1.165, 1.54) is 82.7 Å². The van der Waals surface area contributed by atoms with Gasteiger partial charge in [0.25, 0.3) is 0 Å². The maximum Gasteiger partial charge on any atom is 0.149 e. The van der Waals surface area contributed by atoms with Gasteiger partial charge >= 0.3 is 0 Å². The van der Waals surface area contributed by atoms with E-state index >= 15 is 0 Å². The summed E-state index contributed by atoms with van der Waals surface area (Å²) in [4.78, 5) is 3.67. The Morgan fingerprint density at radius 3 is 1.43 bits per heavy atom. The Morgan fingerprint density at radius 2 is 0.862 bits per heavy atom. The fraction of sp³-hybridized carbons (Fsp3) is 0.0370. The molecule has 10 aromatic rings. The lowest BCUT2D eigenvalue weighted by molar-refractivity contribution is -0.677. The molecule has 0 amide bonds. The third-order valence-electron chi connectivity index (χ3n) is 12.3. The van der Waals surface area contributed by atoms with Crippen LogP contribution in [0.15, 0.2) is 200 Å². The van der Waals surface area contributed by atoms with Gasteiger partial charge in [0.2, 0.25) is 0 Å². The molecule has 2 aromatic heterocycles. The monoisotopic (exact) mass is 743 g/mol. The highest BCUT2D eigenvalue weighted by molar-refractivity contribution is 6.09. The number of allylic oxidation sites excluding steroid dienone is 1. The summed E-state index contributed by atoms with van der Waals surface area (Å²) in [7, 11) is 0. The second-order valence-corrected chi connectivity index (χ2v) is 15.4. The van der Waals surface area contributed by atoms with Crippen LogP contribution in [0.2, 0.25) is 0 Å². The van der Waals surface area contributed by atoms with E-state index in [2.05, 4.69) is 220 Å². The van der Waals surface area contributed by atoms with Gasteiger partial charge in [-0.1, -0.05) is 84.9 Å². The molecule has 2 aliphatic rings. The van der Waals surface area contributed by atoms with Crippen molar-refractivity contribution in [1.82, 2.24) is 9.13 Å². The number of quaternary nitrogens is 1. The minimum atomic E-state index is 1.07. The predicted molar refractivity (Wildman–Crippen MR) is 241 cm³/mol. The summed E-state index contributed by atoms with van der Waals surface area (Å²) >= 11 is 0. The molecular formula is C54H39N4+. The van der Waals surface area contributed by atoms with Crippen LogP contribution in [0.25, 0.3) is 61.3 Å². The average molecular weight is 744 g/mol. The zero-order valence-corrected chi connectivity index (χ0v) is 31.9. The molecule has 4 heteroatoms. The standard InChI is InChI=1S/C54H38N4/c1-7-19-49-43(13-1)44-14-2-8-20-50(44)56(49)40-31-25-37(26-32-40)55(38-27-33-41(34-28-38)57-51-21-9-3-15-45(51)46-16-4-10-22-52(46)57)39-29-35-42(36-30-39)58-53-23-11-5-17-47(53)48-18-6-12-24-54(48)58/h1-5,7-17,19-36H,6,18H2/p+1. The summed E-state index contributed by atoms with van der Waals surface area (Å²) in [5, 5.41) is 3.88. The maximum absolute atomic E-state index is 2.43. The molecule has 1 aliphatic heterocycles. The van der Waals surface area contributed by atoms with Gasteiger partial charge in [-0.2, -0.15) is 0 Å². The number of aryl methyl sites for hydroxylation is 1. The summed E-state index contributed by atoms with van der Waals surface area (Å²) in [6.45, 7) is 0. The number of benzene rings is 8. The number of anilines is 3. The second-order valence-electron chi connectivity index (χ2n) is 15.4. The van der Waals surface area contributed by atoms with Crippen LogP contribution in [-0.4, -0.2) is 9.13 Å². The Hall–Kier alpha value is -7.40. The van der Waals surface area contributed by atoms with Crippen LogP contribution in [0.3, 0.4) is 0 Å². The van der Waals surface area contributed by atoms with Gasteiger partial charge in [-0.15, -0.1) is 0 Å². The van der Waals surface area contributed by atoms with Crippen molar-refractivity contribution >= 4 is 72.9 Å². The number of rotatable bonds is 6. The fourth-order valence-electron chi connectivity index (χ4n) is 9.72. The SMILES string of the molecule is C1=Cc2c(c3ccccc3n2-c2ccc(N(c3ccc(-n4c5ccccc5c5ccccc54)cc3)c3ccc([NH+]4c5ccccc5-c5ccccc54)cc3)cc2)CC1. The smallest absolute Gasteiger partial charge is 0.149 e. The summed E-state index contributed by atoms with van der Waals surface area (Å²) in [5.74, 6) is 0. The molecule has 8 aromatic carbocycles. The van der Waals surface area contributed by atoms with Crippen molar-refractivity contribution in [3.05, 3.63) is 211 Å². The highest BCUT2D eigenvalue weighted by atomic mass is 15.2. The first-order chi connectivity index (χ1) is 28.8. The molecule has 0 spiro atoms. The van der Waals surface area contributed by atoms with E-state index in [4.69, 9.17) is 0 Å². The molecule has 58 heavy (non-hydrogen) atoms. The summed E-state index contributed by atoms with van der Waals surface area (Å²) in [6, 6.07) is 71.1. The lowest BCUT2D eigenvalue weighted by Crippen LogP contribution is -2.95. The highest BCUT2D eigenvalue weighted by Crippen LogP contribution is 2.41. The van der Waals surface area contributed by atoms with E-state index in [-0.39, 0.29) is 0 Å². The third-order valence-corrected chi connectivity index (χ3v) is 12.3. The molecule has 12 rings (SSSR count). The van der Waals surface area contributed by atoms with Crippen LogP contribution in [0.5, 0.6) is 0 Å². The molecule has 3 heterocycles. The summed E-state index contributed by atoms with van der Waals surface area (Å²) in [6.07, 6.45) is 6.77. The molecule has 0 bridgehead atoms. The van der Waals surface area contributed by atoms with E-state index in [0.717, 1.165) is 35.6 Å². The minimum absolute atomic E-state index is 1.07. The first-order valence-electron chi connectivity index (χ1n) is 20.2. The number of fused-ring (bicyclic) bond motifs is 9. The lowest BCUT2D eigenvalue weighted by atomic mass is 10.0. The van der Waals surface area contributed by atoms with Gasteiger partial charge in [0, 0.05) is 85.7 Å². The predicted octanol–water partition coefficient (Wildman–Crippen LogP) is 13.3. The van der Waals surface area contributed by atoms with Gasteiger partial charge in [-0.05, 0) is 115 Å². The molecule has 0 atom stereocenters. The Morgan fingerprint density at radius 1 is 0.414 bits per heavy atom. The van der Waals surface area contributed by atoms with Gasteiger partial charge in [-0.3, -0.25) is 0 Å². The van der Waals surface area contributed by atoms with Gasteiger partial charge < -0.3 is 14.0 Å². The number of aromatic nitrogens is 2. The molecule has 0 unspecified atom stereocenters. The van der Waals surface area contributed by atoms with Crippen LogP contribution in [0, 0.1) is 0 Å². The van der Waals surface area contributed by atoms with E-state index in [1.54, 1.807) is 0 Å². The minimum Gasteiger partial charge on any atom is -0.310 e. The van der Waals surface area contributed by atoms with Crippen LogP contribution >= 0.6 is 0 Å². The van der Waals surface area contributed by atoms with Crippen LogP contribution in [0.1, 0.15) is 17.7 Å². The fourth-order valence-corrected chi connectivity index (χ4v) is 9.72. The van der Waals surface area contributed by atoms with Gasteiger partial charge in [0.1, 0.15) is 17.1 Å². The van der Waals surface area contributed by atoms with Gasteiger partial charge in [0.05, 0.1) is 16.6 Å². The maximum atomic E-state index is 2.43. The van der Waals surface area contributed by atoms with Gasteiger partial charge in [0.15, 0.2) is 0 Å². The molecule has 0 radical (unpaired) electrons. The zero-order chi connectivity index (χ0) is 38.2. The van der Waals surface area contributed by atoms with Crippen molar-refractivity contribution in [2.75, 3.05) is 4.90 Å². The topological polar surface area (TPSA) is 17.5 Å². The first kappa shape index (κ1) is 32.8. The molecule has 0 saturated heterocycles. The molecule has 1 N–H and O–H groups in total.